The van der Waals surface area contributed by atoms with Gasteiger partial charge in [0.1, 0.15) is 6.54 Å². The maximum absolute atomic E-state index is 12.1. The van der Waals surface area contributed by atoms with Crippen LogP contribution in [0.5, 0.6) is 0 Å². The van der Waals surface area contributed by atoms with E-state index in [1.807, 2.05) is 26.0 Å². The van der Waals surface area contributed by atoms with E-state index < -0.39 is 0 Å². The van der Waals surface area contributed by atoms with E-state index in [0.29, 0.717) is 18.5 Å². The first-order chi connectivity index (χ1) is 11.0. The summed E-state index contributed by atoms with van der Waals surface area (Å²) in [4.78, 5) is 37.5. The summed E-state index contributed by atoms with van der Waals surface area (Å²) < 4.78 is 0. The van der Waals surface area contributed by atoms with Crippen LogP contribution in [0.1, 0.15) is 47.2 Å². The van der Waals surface area contributed by atoms with Crippen molar-refractivity contribution in [3.8, 4) is 0 Å². The maximum atomic E-state index is 12.1. The highest BCUT2D eigenvalue weighted by Gasteiger charge is 2.19. The van der Waals surface area contributed by atoms with E-state index in [0.717, 1.165) is 30.4 Å². The third kappa shape index (κ3) is 4.81. The van der Waals surface area contributed by atoms with E-state index in [2.05, 4.69) is 10.9 Å². The number of likely N-dealkylation sites (tertiary alicyclic amines) is 1. The van der Waals surface area contributed by atoms with Gasteiger partial charge in [0.15, 0.2) is 0 Å². The monoisotopic (exact) mass is 317 g/mol. The Morgan fingerprint density at radius 3 is 2.70 bits per heavy atom. The van der Waals surface area contributed by atoms with Crippen LogP contribution in [-0.4, -0.2) is 35.7 Å². The molecule has 0 aromatic heterocycles. The van der Waals surface area contributed by atoms with Crippen LogP contribution in [0.15, 0.2) is 18.2 Å². The molecule has 23 heavy (non-hydrogen) atoms. The number of aryl methyl sites for hydroxylation is 2. The van der Waals surface area contributed by atoms with Gasteiger partial charge in [-0.3, -0.25) is 25.2 Å². The minimum absolute atomic E-state index is 0.00138. The number of amides is 3. The Balaban J connectivity index is 1.87. The van der Waals surface area contributed by atoms with Crippen molar-refractivity contribution in [2.45, 2.75) is 39.5 Å². The fraction of sp³-hybridized carbons (Fsp3) is 0.471. The van der Waals surface area contributed by atoms with Gasteiger partial charge in [0.25, 0.3) is 11.8 Å². The van der Waals surface area contributed by atoms with Crippen LogP contribution in [0, 0.1) is 13.8 Å². The lowest BCUT2D eigenvalue weighted by molar-refractivity contribution is -0.135. The summed E-state index contributed by atoms with van der Waals surface area (Å²) in [6.07, 6.45) is 3.28. The van der Waals surface area contributed by atoms with Crippen LogP contribution in [0.25, 0.3) is 0 Å². The highest BCUT2D eigenvalue weighted by atomic mass is 16.2. The summed E-state index contributed by atoms with van der Waals surface area (Å²) in [6, 6.07) is 5.56. The van der Waals surface area contributed by atoms with Crippen molar-refractivity contribution < 1.29 is 14.4 Å². The number of rotatable bonds is 3. The molecule has 1 saturated heterocycles. The molecule has 6 heteroatoms. The van der Waals surface area contributed by atoms with Crippen molar-refractivity contribution in [3.63, 3.8) is 0 Å². The third-order valence-electron chi connectivity index (χ3n) is 3.96. The summed E-state index contributed by atoms with van der Waals surface area (Å²) in [5.41, 5.74) is 7.13. The Labute approximate surface area is 136 Å². The number of nitrogens with one attached hydrogen (secondary N) is 2. The number of carbonyl (C=O) groups is 3. The Morgan fingerprint density at radius 1 is 1.13 bits per heavy atom. The van der Waals surface area contributed by atoms with Gasteiger partial charge in [-0.2, -0.15) is 0 Å². The van der Waals surface area contributed by atoms with Crippen LogP contribution < -0.4 is 10.9 Å². The molecular weight excluding hydrogens is 294 g/mol. The van der Waals surface area contributed by atoms with Gasteiger partial charge in [-0.05, 0) is 38.3 Å². The van der Waals surface area contributed by atoms with Crippen LogP contribution in [0.2, 0.25) is 0 Å². The minimum atomic E-state index is -0.390. The summed E-state index contributed by atoms with van der Waals surface area (Å²) in [5, 5.41) is 0. The molecule has 1 aromatic carbocycles. The first-order valence-corrected chi connectivity index (χ1v) is 7.91. The minimum Gasteiger partial charge on any atom is -0.333 e. The molecule has 0 spiro atoms. The number of nitrogens with zero attached hydrogens (tertiary/aromatic N) is 1. The smallest absolute Gasteiger partial charge is 0.269 e. The molecule has 0 aliphatic carbocycles. The Bertz CT molecular complexity index is 613. The third-order valence-corrected chi connectivity index (χ3v) is 3.96. The number of hydrogen-bond donors (Lipinski definition) is 2. The summed E-state index contributed by atoms with van der Waals surface area (Å²) >= 11 is 0. The molecule has 0 unspecified atom stereocenters. The van der Waals surface area contributed by atoms with Crippen molar-refractivity contribution in [2.24, 2.45) is 0 Å². The molecule has 1 aliphatic heterocycles. The number of hydrazine groups is 1. The molecule has 1 aliphatic rings. The lowest BCUT2D eigenvalue weighted by Gasteiger charge is -2.20. The fourth-order valence-corrected chi connectivity index (χ4v) is 2.59. The van der Waals surface area contributed by atoms with Crippen LogP contribution in [0.4, 0.5) is 0 Å². The first-order valence-electron chi connectivity index (χ1n) is 7.91. The predicted molar refractivity (Wildman–Crippen MR) is 86.6 cm³/mol. The summed E-state index contributed by atoms with van der Waals surface area (Å²) in [6.45, 7) is 4.31. The summed E-state index contributed by atoms with van der Waals surface area (Å²) in [5.74, 6) is -0.751. The molecule has 0 saturated carbocycles. The second kappa shape index (κ2) is 7.76. The molecule has 0 atom stereocenters. The number of carbonyl (C=O) groups excluding carboxylic acids is 3. The lowest BCUT2D eigenvalue weighted by atomic mass is 10.1. The zero-order chi connectivity index (χ0) is 16.8. The van der Waals surface area contributed by atoms with Gasteiger partial charge >= 0.3 is 0 Å². The highest BCUT2D eigenvalue weighted by molar-refractivity contribution is 5.97. The van der Waals surface area contributed by atoms with Gasteiger partial charge < -0.3 is 4.90 Å². The molecule has 0 radical (unpaired) electrons. The van der Waals surface area contributed by atoms with Crippen molar-refractivity contribution in [3.05, 3.63) is 34.9 Å². The van der Waals surface area contributed by atoms with Crippen molar-refractivity contribution in [1.29, 1.82) is 0 Å². The molecule has 2 N–H and O–H groups in total. The molecule has 6 nitrogen and oxygen atoms in total. The largest absolute Gasteiger partial charge is 0.333 e. The molecule has 1 heterocycles. The van der Waals surface area contributed by atoms with E-state index in [4.69, 9.17) is 0 Å². The van der Waals surface area contributed by atoms with Gasteiger partial charge in [-0.15, -0.1) is 0 Å². The molecule has 124 valence electrons. The lowest BCUT2D eigenvalue weighted by Crippen LogP contribution is -2.47. The highest BCUT2D eigenvalue weighted by Crippen LogP contribution is 2.11. The Morgan fingerprint density at radius 2 is 1.91 bits per heavy atom. The van der Waals surface area contributed by atoms with Crippen LogP contribution in [0.3, 0.4) is 0 Å². The first kappa shape index (κ1) is 17.0. The second-order valence-electron chi connectivity index (χ2n) is 5.95. The molecule has 0 bridgehead atoms. The molecule has 1 aromatic rings. The van der Waals surface area contributed by atoms with E-state index >= 15 is 0 Å². The van der Waals surface area contributed by atoms with Gasteiger partial charge in [0.2, 0.25) is 5.91 Å². The van der Waals surface area contributed by atoms with E-state index in [1.165, 1.54) is 0 Å². The van der Waals surface area contributed by atoms with Crippen molar-refractivity contribution in [2.75, 3.05) is 13.1 Å². The molecular formula is C17H23N3O3. The maximum Gasteiger partial charge on any atom is 0.269 e. The average molecular weight is 317 g/mol. The average Bonchev–Trinajstić information content (AvgIpc) is 2.72. The molecule has 1 fully saturated rings. The zero-order valence-corrected chi connectivity index (χ0v) is 13.6. The summed E-state index contributed by atoms with van der Waals surface area (Å²) in [7, 11) is 0. The van der Waals surface area contributed by atoms with E-state index in [-0.39, 0.29) is 24.3 Å². The Kier molecular flexibility index (Phi) is 5.73. The van der Waals surface area contributed by atoms with Crippen LogP contribution >= 0.6 is 0 Å². The van der Waals surface area contributed by atoms with E-state index in [9.17, 15) is 14.4 Å². The van der Waals surface area contributed by atoms with Crippen LogP contribution in [-0.2, 0) is 9.59 Å². The number of benzene rings is 1. The van der Waals surface area contributed by atoms with E-state index in [1.54, 1.807) is 11.0 Å². The van der Waals surface area contributed by atoms with Gasteiger partial charge in [0.05, 0.1) is 0 Å². The second-order valence-corrected chi connectivity index (χ2v) is 5.95. The normalized spacial score (nSPS) is 15.0. The van der Waals surface area contributed by atoms with Gasteiger partial charge in [-0.1, -0.05) is 24.1 Å². The quantitative estimate of drug-likeness (QED) is 0.829. The predicted octanol–water partition coefficient (Wildman–Crippen LogP) is 1.47. The topological polar surface area (TPSA) is 78.5 Å². The molecule has 3 amide bonds. The van der Waals surface area contributed by atoms with Crippen molar-refractivity contribution in [1.82, 2.24) is 15.8 Å². The zero-order valence-electron chi connectivity index (χ0n) is 13.6. The van der Waals surface area contributed by atoms with Gasteiger partial charge in [-0.25, -0.2) is 0 Å². The van der Waals surface area contributed by atoms with Crippen molar-refractivity contribution >= 4 is 17.7 Å². The Hall–Kier alpha value is -2.37. The molecule has 2 rings (SSSR count). The number of hydrogen-bond acceptors (Lipinski definition) is 3. The fourth-order valence-electron chi connectivity index (χ4n) is 2.59. The van der Waals surface area contributed by atoms with Gasteiger partial charge in [0, 0.05) is 18.5 Å². The standard InChI is InChI=1S/C17H23N3O3/c1-12-7-8-13(2)14(10-12)17(23)19-18-15(21)11-20-9-5-3-4-6-16(20)22/h7-8,10H,3-6,9,11H2,1-2H3,(H,18,21)(H,19,23). The SMILES string of the molecule is Cc1ccc(C)c(C(=O)NNC(=O)CN2CCCCCC2=O)c1.